The van der Waals surface area contributed by atoms with Crippen LogP contribution in [0, 0.1) is 12.8 Å². The van der Waals surface area contributed by atoms with E-state index in [-0.39, 0.29) is 0 Å². The normalized spacial score (nSPS) is 20.8. The van der Waals surface area contributed by atoms with Gasteiger partial charge in [-0.25, -0.2) is 4.99 Å². The summed E-state index contributed by atoms with van der Waals surface area (Å²) in [7, 11) is 1.99. The van der Waals surface area contributed by atoms with Crippen LogP contribution in [-0.4, -0.2) is 64.5 Å². The number of benzene rings is 1. The first-order chi connectivity index (χ1) is 15.2. The smallest absolute Gasteiger partial charge is 0.192 e. The average molecular weight is 426 g/mol. The SMILES string of the molecule is Cc1nnc(CNC(=NCc2ccccc2)NC2CCN(CC3CCOC3)CC2)n1C. The lowest BCUT2D eigenvalue weighted by Crippen LogP contribution is -2.49. The fourth-order valence-corrected chi connectivity index (χ4v) is 4.22. The summed E-state index contributed by atoms with van der Waals surface area (Å²) in [5, 5.41) is 15.5. The molecule has 8 heteroatoms. The predicted octanol–water partition coefficient (Wildman–Crippen LogP) is 1.86. The van der Waals surface area contributed by atoms with Crippen molar-refractivity contribution in [2.24, 2.45) is 18.0 Å². The van der Waals surface area contributed by atoms with Crippen LogP contribution >= 0.6 is 0 Å². The molecule has 2 aliphatic rings. The van der Waals surface area contributed by atoms with Gasteiger partial charge >= 0.3 is 0 Å². The van der Waals surface area contributed by atoms with Crippen molar-refractivity contribution in [3.8, 4) is 0 Å². The number of ether oxygens (including phenoxy) is 1. The number of nitrogens with zero attached hydrogens (tertiary/aromatic N) is 5. The van der Waals surface area contributed by atoms with Crippen molar-refractivity contribution < 1.29 is 4.74 Å². The number of nitrogens with one attached hydrogen (secondary N) is 2. The van der Waals surface area contributed by atoms with Gasteiger partial charge in [0.1, 0.15) is 5.82 Å². The highest BCUT2D eigenvalue weighted by atomic mass is 16.5. The monoisotopic (exact) mass is 425 g/mol. The Hall–Kier alpha value is -2.45. The fraction of sp³-hybridized carbons (Fsp3) is 0.609. The van der Waals surface area contributed by atoms with E-state index in [9.17, 15) is 0 Å². The molecule has 0 amide bonds. The molecule has 2 fully saturated rings. The molecule has 1 atom stereocenters. The lowest BCUT2D eigenvalue weighted by molar-refractivity contribution is 0.150. The second-order valence-electron chi connectivity index (χ2n) is 8.68. The summed E-state index contributed by atoms with van der Waals surface area (Å²) in [6, 6.07) is 10.8. The minimum absolute atomic E-state index is 0.430. The molecule has 3 heterocycles. The Kier molecular flexibility index (Phi) is 7.53. The third kappa shape index (κ3) is 6.27. The molecule has 0 saturated carbocycles. The van der Waals surface area contributed by atoms with E-state index in [1.807, 2.05) is 24.6 Å². The molecule has 2 aliphatic heterocycles. The van der Waals surface area contributed by atoms with Gasteiger partial charge in [0.25, 0.3) is 0 Å². The topological polar surface area (TPSA) is 79.6 Å². The quantitative estimate of drug-likeness (QED) is 0.521. The van der Waals surface area contributed by atoms with Crippen LogP contribution in [0.2, 0.25) is 0 Å². The van der Waals surface area contributed by atoms with Gasteiger partial charge in [-0.3, -0.25) is 0 Å². The summed E-state index contributed by atoms with van der Waals surface area (Å²) in [4.78, 5) is 7.44. The number of hydrogen-bond acceptors (Lipinski definition) is 5. The molecule has 2 N–H and O–H groups in total. The van der Waals surface area contributed by atoms with Gasteiger partial charge in [0, 0.05) is 39.3 Å². The second kappa shape index (κ2) is 10.7. The highest BCUT2D eigenvalue weighted by Gasteiger charge is 2.24. The van der Waals surface area contributed by atoms with E-state index in [1.165, 1.54) is 18.5 Å². The zero-order valence-corrected chi connectivity index (χ0v) is 18.8. The number of piperidine rings is 1. The third-order valence-electron chi connectivity index (χ3n) is 6.33. The summed E-state index contributed by atoms with van der Waals surface area (Å²) in [5.74, 6) is 3.36. The van der Waals surface area contributed by atoms with Crippen LogP contribution in [0.15, 0.2) is 35.3 Å². The molecule has 4 rings (SSSR count). The molecule has 0 spiro atoms. The van der Waals surface area contributed by atoms with E-state index in [2.05, 4.69) is 50.0 Å². The first-order valence-corrected chi connectivity index (χ1v) is 11.4. The van der Waals surface area contributed by atoms with Crippen molar-refractivity contribution >= 4 is 5.96 Å². The van der Waals surface area contributed by atoms with Crippen molar-refractivity contribution in [3.05, 3.63) is 47.5 Å². The largest absolute Gasteiger partial charge is 0.381 e. The van der Waals surface area contributed by atoms with E-state index < -0.39 is 0 Å². The fourth-order valence-electron chi connectivity index (χ4n) is 4.22. The van der Waals surface area contributed by atoms with Gasteiger partial charge in [0.15, 0.2) is 11.8 Å². The summed E-state index contributed by atoms with van der Waals surface area (Å²) >= 11 is 0. The van der Waals surface area contributed by atoms with E-state index in [0.717, 1.165) is 56.8 Å². The Bertz CT molecular complexity index is 837. The maximum Gasteiger partial charge on any atom is 0.192 e. The highest BCUT2D eigenvalue weighted by molar-refractivity contribution is 5.80. The highest BCUT2D eigenvalue weighted by Crippen LogP contribution is 2.17. The Labute approximate surface area is 185 Å². The Balaban J connectivity index is 1.33. The maximum absolute atomic E-state index is 5.53. The zero-order chi connectivity index (χ0) is 21.5. The molecular weight excluding hydrogens is 390 g/mol. The number of rotatable bonds is 7. The summed E-state index contributed by atoms with van der Waals surface area (Å²) in [6.45, 7) is 8.49. The van der Waals surface area contributed by atoms with Crippen molar-refractivity contribution in [2.45, 2.75) is 45.3 Å². The molecule has 0 aliphatic carbocycles. The van der Waals surface area contributed by atoms with Crippen molar-refractivity contribution in [1.82, 2.24) is 30.3 Å². The summed E-state index contributed by atoms with van der Waals surface area (Å²) < 4.78 is 7.54. The molecule has 1 aromatic carbocycles. The number of aliphatic imine (C=N–C) groups is 1. The number of guanidine groups is 1. The standard InChI is InChI=1S/C23H35N7O/c1-18-27-28-22(29(18)2)15-25-23(24-14-19-6-4-3-5-7-19)26-21-8-11-30(12-9-21)16-20-10-13-31-17-20/h3-7,20-21H,8-17H2,1-2H3,(H2,24,25,26). The number of aromatic nitrogens is 3. The first kappa shape index (κ1) is 21.8. The third-order valence-corrected chi connectivity index (χ3v) is 6.33. The van der Waals surface area contributed by atoms with Gasteiger partial charge in [-0.05, 0) is 37.7 Å². The van der Waals surface area contributed by atoms with Gasteiger partial charge in [-0.2, -0.15) is 0 Å². The molecule has 0 bridgehead atoms. The van der Waals surface area contributed by atoms with Crippen molar-refractivity contribution in [3.63, 3.8) is 0 Å². The molecule has 31 heavy (non-hydrogen) atoms. The van der Waals surface area contributed by atoms with Crippen LogP contribution in [0.3, 0.4) is 0 Å². The molecule has 0 radical (unpaired) electrons. The number of hydrogen-bond donors (Lipinski definition) is 2. The van der Waals surface area contributed by atoms with Crippen molar-refractivity contribution in [1.29, 1.82) is 0 Å². The van der Waals surface area contributed by atoms with Crippen molar-refractivity contribution in [2.75, 3.05) is 32.8 Å². The number of aryl methyl sites for hydroxylation is 1. The van der Waals surface area contributed by atoms with Crippen LogP contribution in [0.5, 0.6) is 0 Å². The van der Waals surface area contributed by atoms with Crippen LogP contribution in [-0.2, 0) is 24.9 Å². The van der Waals surface area contributed by atoms with Crippen LogP contribution < -0.4 is 10.6 Å². The van der Waals surface area contributed by atoms with E-state index in [4.69, 9.17) is 9.73 Å². The van der Waals surface area contributed by atoms with Crippen LogP contribution in [0.4, 0.5) is 0 Å². The molecule has 1 aromatic heterocycles. The maximum atomic E-state index is 5.53. The first-order valence-electron chi connectivity index (χ1n) is 11.4. The molecular formula is C23H35N7O. The van der Waals surface area contributed by atoms with Crippen LogP contribution in [0.1, 0.15) is 36.5 Å². The molecule has 8 nitrogen and oxygen atoms in total. The van der Waals surface area contributed by atoms with Gasteiger partial charge in [-0.1, -0.05) is 30.3 Å². The lowest BCUT2D eigenvalue weighted by atomic mass is 10.0. The Morgan fingerprint density at radius 2 is 1.97 bits per heavy atom. The average Bonchev–Trinajstić information content (AvgIpc) is 3.42. The summed E-state index contributed by atoms with van der Waals surface area (Å²) in [5.41, 5.74) is 1.20. The minimum Gasteiger partial charge on any atom is -0.381 e. The van der Waals surface area contributed by atoms with Gasteiger partial charge < -0.3 is 24.8 Å². The lowest BCUT2D eigenvalue weighted by Gasteiger charge is -2.34. The number of likely N-dealkylation sites (tertiary alicyclic amines) is 1. The van der Waals surface area contributed by atoms with E-state index >= 15 is 0 Å². The van der Waals surface area contributed by atoms with Gasteiger partial charge in [-0.15, -0.1) is 10.2 Å². The molecule has 168 valence electrons. The predicted molar refractivity (Wildman–Crippen MR) is 122 cm³/mol. The Morgan fingerprint density at radius 3 is 2.65 bits per heavy atom. The minimum atomic E-state index is 0.430. The second-order valence-corrected chi connectivity index (χ2v) is 8.68. The molecule has 2 saturated heterocycles. The van der Waals surface area contributed by atoms with E-state index in [0.29, 0.717) is 25.0 Å². The van der Waals surface area contributed by atoms with Gasteiger partial charge in [0.05, 0.1) is 19.7 Å². The summed E-state index contributed by atoms with van der Waals surface area (Å²) in [6.07, 6.45) is 3.46. The van der Waals surface area contributed by atoms with E-state index in [1.54, 1.807) is 0 Å². The van der Waals surface area contributed by atoms with Crippen LogP contribution in [0.25, 0.3) is 0 Å². The van der Waals surface area contributed by atoms with Gasteiger partial charge in [0.2, 0.25) is 0 Å². The Morgan fingerprint density at radius 1 is 1.16 bits per heavy atom. The molecule has 1 unspecified atom stereocenters. The molecule has 2 aromatic rings. The zero-order valence-electron chi connectivity index (χ0n) is 18.8.